The molecule has 1 unspecified atom stereocenters. The molecule has 6 nitrogen and oxygen atoms in total. The van der Waals surface area contributed by atoms with Gasteiger partial charge >= 0.3 is 6.03 Å². The molecule has 0 aromatic heterocycles. The predicted octanol–water partition coefficient (Wildman–Crippen LogP) is 0.554. The van der Waals surface area contributed by atoms with Crippen LogP contribution in [0.4, 0.5) is 4.79 Å². The molecule has 1 atom stereocenters. The molecule has 0 spiro atoms. The largest absolute Gasteiger partial charge is 0.396 e. The molecular weight excluding hydrogens is 258 g/mol. The number of imide groups is 1. The van der Waals surface area contributed by atoms with E-state index in [4.69, 9.17) is 5.11 Å². The van der Waals surface area contributed by atoms with E-state index in [2.05, 4.69) is 10.2 Å². The normalized spacial score (nSPS) is 26.4. The number of likely N-dealkylation sites (tertiary alicyclic amines) is 1. The quantitative estimate of drug-likeness (QED) is 0.698. The molecule has 2 saturated heterocycles. The van der Waals surface area contributed by atoms with E-state index in [1.165, 1.54) is 4.90 Å². The Labute approximate surface area is 120 Å². The van der Waals surface area contributed by atoms with Crippen LogP contribution in [0.1, 0.15) is 39.5 Å². The first kappa shape index (κ1) is 15.3. The maximum atomic E-state index is 12.1. The topological polar surface area (TPSA) is 72.9 Å². The standard InChI is InChI=1S/C14H25N3O3/c1-14(2)12(19)17(13(20)15-14)9-8-16-7-3-5-11(16)6-4-10-18/h11,18H,3-10H2,1-2H3,(H,15,20). The van der Waals surface area contributed by atoms with Crippen LogP contribution in [-0.2, 0) is 4.79 Å². The number of carbonyl (C=O) groups excluding carboxylic acids is 2. The fraction of sp³-hybridized carbons (Fsp3) is 0.857. The molecule has 0 aromatic rings. The number of hydrogen-bond donors (Lipinski definition) is 2. The molecule has 0 bridgehead atoms. The number of hydrogen-bond acceptors (Lipinski definition) is 4. The van der Waals surface area contributed by atoms with Crippen LogP contribution in [0.25, 0.3) is 0 Å². The zero-order chi connectivity index (χ0) is 14.8. The molecule has 0 aliphatic carbocycles. The summed E-state index contributed by atoms with van der Waals surface area (Å²) in [5, 5.41) is 11.6. The number of rotatable bonds is 6. The van der Waals surface area contributed by atoms with Gasteiger partial charge in [-0.25, -0.2) is 4.79 Å². The summed E-state index contributed by atoms with van der Waals surface area (Å²) < 4.78 is 0. The molecule has 0 aromatic carbocycles. The summed E-state index contributed by atoms with van der Waals surface area (Å²) in [4.78, 5) is 27.5. The van der Waals surface area contributed by atoms with Crippen molar-refractivity contribution in [1.82, 2.24) is 15.1 Å². The van der Waals surface area contributed by atoms with Gasteiger partial charge in [-0.3, -0.25) is 14.6 Å². The second-order valence-corrected chi connectivity index (χ2v) is 6.21. The molecule has 114 valence electrons. The van der Waals surface area contributed by atoms with Crippen molar-refractivity contribution in [3.8, 4) is 0 Å². The molecule has 2 fully saturated rings. The van der Waals surface area contributed by atoms with E-state index in [-0.39, 0.29) is 18.5 Å². The van der Waals surface area contributed by atoms with Crippen molar-refractivity contribution in [3.05, 3.63) is 0 Å². The summed E-state index contributed by atoms with van der Waals surface area (Å²) >= 11 is 0. The SMILES string of the molecule is CC1(C)NC(=O)N(CCN2CCCC2CCCO)C1=O. The van der Waals surface area contributed by atoms with E-state index >= 15 is 0 Å². The van der Waals surface area contributed by atoms with Crippen LogP contribution in [0.2, 0.25) is 0 Å². The Morgan fingerprint density at radius 1 is 1.35 bits per heavy atom. The summed E-state index contributed by atoms with van der Waals surface area (Å²) in [6.07, 6.45) is 4.10. The highest BCUT2D eigenvalue weighted by atomic mass is 16.3. The van der Waals surface area contributed by atoms with Crippen LogP contribution < -0.4 is 5.32 Å². The number of aliphatic hydroxyl groups excluding tert-OH is 1. The van der Waals surface area contributed by atoms with Gasteiger partial charge in [-0.05, 0) is 46.1 Å². The fourth-order valence-corrected chi connectivity index (χ4v) is 3.09. The van der Waals surface area contributed by atoms with E-state index in [1.54, 1.807) is 13.8 Å². The monoisotopic (exact) mass is 283 g/mol. The highest BCUT2D eigenvalue weighted by Gasteiger charge is 2.44. The second kappa shape index (κ2) is 6.10. The zero-order valence-electron chi connectivity index (χ0n) is 12.4. The first-order valence-electron chi connectivity index (χ1n) is 7.45. The van der Waals surface area contributed by atoms with Gasteiger partial charge in [-0.1, -0.05) is 0 Å². The Kier molecular flexibility index (Phi) is 4.65. The average Bonchev–Trinajstić information content (AvgIpc) is 2.89. The lowest BCUT2D eigenvalue weighted by atomic mass is 10.1. The molecule has 20 heavy (non-hydrogen) atoms. The van der Waals surface area contributed by atoms with Crippen molar-refractivity contribution < 1.29 is 14.7 Å². The Bertz CT molecular complexity index is 384. The molecule has 2 heterocycles. The lowest BCUT2D eigenvalue weighted by molar-refractivity contribution is -0.130. The highest BCUT2D eigenvalue weighted by Crippen LogP contribution is 2.22. The maximum absolute atomic E-state index is 12.1. The smallest absolute Gasteiger partial charge is 0.325 e. The summed E-state index contributed by atoms with van der Waals surface area (Å²) in [6, 6.07) is 0.196. The van der Waals surface area contributed by atoms with Gasteiger partial charge in [0.05, 0.1) is 0 Å². The van der Waals surface area contributed by atoms with E-state index in [0.29, 0.717) is 12.6 Å². The van der Waals surface area contributed by atoms with Crippen molar-refractivity contribution in [2.75, 3.05) is 26.2 Å². The minimum absolute atomic E-state index is 0.145. The minimum atomic E-state index is -0.779. The van der Waals surface area contributed by atoms with Crippen LogP contribution in [0, 0.1) is 0 Å². The van der Waals surface area contributed by atoms with Gasteiger partial charge in [0, 0.05) is 25.7 Å². The molecule has 0 saturated carbocycles. The summed E-state index contributed by atoms with van der Waals surface area (Å²) in [7, 11) is 0. The van der Waals surface area contributed by atoms with Gasteiger partial charge in [0.1, 0.15) is 5.54 Å². The van der Waals surface area contributed by atoms with Gasteiger partial charge in [0.25, 0.3) is 5.91 Å². The maximum Gasteiger partial charge on any atom is 0.325 e. The third-order valence-corrected chi connectivity index (χ3v) is 4.25. The molecule has 2 aliphatic heterocycles. The van der Waals surface area contributed by atoms with Crippen LogP contribution in [0.15, 0.2) is 0 Å². The Morgan fingerprint density at radius 2 is 2.10 bits per heavy atom. The number of amides is 3. The van der Waals surface area contributed by atoms with Crippen LogP contribution >= 0.6 is 0 Å². The average molecular weight is 283 g/mol. The third-order valence-electron chi connectivity index (χ3n) is 4.25. The summed E-state index contributed by atoms with van der Waals surface area (Å²) in [6.45, 7) is 5.88. The number of nitrogens with one attached hydrogen (secondary N) is 1. The number of carbonyl (C=O) groups is 2. The molecule has 2 aliphatic rings. The van der Waals surface area contributed by atoms with Crippen molar-refractivity contribution in [1.29, 1.82) is 0 Å². The summed E-state index contributed by atoms with van der Waals surface area (Å²) in [5.74, 6) is -0.145. The number of nitrogens with zero attached hydrogens (tertiary/aromatic N) is 2. The van der Waals surface area contributed by atoms with E-state index < -0.39 is 5.54 Å². The number of urea groups is 1. The van der Waals surface area contributed by atoms with E-state index in [0.717, 1.165) is 38.8 Å². The minimum Gasteiger partial charge on any atom is -0.396 e. The first-order chi connectivity index (χ1) is 9.45. The Balaban J connectivity index is 1.85. The van der Waals surface area contributed by atoms with Crippen molar-refractivity contribution in [3.63, 3.8) is 0 Å². The zero-order valence-corrected chi connectivity index (χ0v) is 12.4. The van der Waals surface area contributed by atoms with Gasteiger partial charge < -0.3 is 10.4 Å². The first-order valence-corrected chi connectivity index (χ1v) is 7.45. The summed E-state index contributed by atoms with van der Waals surface area (Å²) in [5.41, 5.74) is -0.779. The van der Waals surface area contributed by atoms with Crippen molar-refractivity contribution >= 4 is 11.9 Å². The molecular formula is C14H25N3O3. The van der Waals surface area contributed by atoms with Crippen molar-refractivity contribution in [2.24, 2.45) is 0 Å². The molecule has 2 N–H and O–H groups in total. The van der Waals surface area contributed by atoms with Crippen LogP contribution in [0.5, 0.6) is 0 Å². The second-order valence-electron chi connectivity index (χ2n) is 6.21. The molecule has 0 radical (unpaired) electrons. The van der Waals surface area contributed by atoms with E-state index in [9.17, 15) is 9.59 Å². The van der Waals surface area contributed by atoms with Gasteiger partial charge in [-0.2, -0.15) is 0 Å². The van der Waals surface area contributed by atoms with E-state index in [1.807, 2.05) is 0 Å². The lowest BCUT2D eigenvalue weighted by Gasteiger charge is -2.26. The van der Waals surface area contributed by atoms with Gasteiger partial charge in [-0.15, -0.1) is 0 Å². The van der Waals surface area contributed by atoms with Gasteiger partial charge in [0.15, 0.2) is 0 Å². The molecule has 6 heteroatoms. The fourth-order valence-electron chi connectivity index (χ4n) is 3.09. The molecule has 2 rings (SSSR count). The van der Waals surface area contributed by atoms with Crippen LogP contribution in [-0.4, -0.2) is 64.7 Å². The van der Waals surface area contributed by atoms with Crippen molar-refractivity contribution in [2.45, 2.75) is 51.1 Å². The predicted molar refractivity (Wildman–Crippen MR) is 75.2 cm³/mol. The molecule has 3 amide bonds. The Morgan fingerprint density at radius 3 is 2.70 bits per heavy atom. The number of aliphatic hydroxyl groups is 1. The highest BCUT2D eigenvalue weighted by molar-refractivity contribution is 6.06. The third kappa shape index (κ3) is 3.12. The van der Waals surface area contributed by atoms with Crippen LogP contribution in [0.3, 0.4) is 0 Å². The lowest BCUT2D eigenvalue weighted by Crippen LogP contribution is -2.42. The Hall–Kier alpha value is -1.14. The van der Waals surface area contributed by atoms with Gasteiger partial charge in [0.2, 0.25) is 0 Å².